The van der Waals surface area contributed by atoms with Crippen molar-refractivity contribution in [2.24, 2.45) is 5.92 Å². The molecular formula is C15H21NO. The van der Waals surface area contributed by atoms with Gasteiger partial charge in [0.05, 0.1) is 18.2 Å². The van der Waals surface area contributed by atoms with Gasteiger partial charge in [0.15, 0.2) is 0 Å². The molecule has 0 aliphatic carbocycles. The van der Waals surface area contributed by atoms with Crippen LogP contribution in [-0.2, 0) is 0 Å². The smallest absolute Gasteiger partial charge is 0.125 e. The number of hydrogen-bond acceptors (Lipinski definition) is 2. The van der Waals surface area contributed by atoms with Gasteiger partial charge in [-0.25, -0.2) is 0 Å². The van der Waals surface area contributed by atoms with Gasteiger partial charge in [0, 0.05) is 0 Å². The number of aryl methyl sites for hydroxylation is 2. The van der Waals surface area contributed by atoms with Crippen molar-refractivity contribution in [1.29, 1.82) is 5.26 Å². The topological polar surface area (TPSA) is 33.0 Å². The molecule has 0 radical (unpaired) electrons. The van der Waals surface area contributed by atoms with Crippen LogP contribution in [0, 0.1) is 31.1 Å². The summed E-state index contributed by atoms with van der Waals surface area (Å²) in [5.41, 5.74) is 2.80. The summed E-state index contributed by atoms with van der Waals surface area (Å²) in [5, 5.41) is 8.88. The molecule has 0 fully saturated rings. The first-order chi connectivity index (χ1) is 8.12. The van der Waals surface area contributed by atoms with Crippen molar-refractivity contribution >= 4 is 0 Å². The van der Waals surface area contributed by atoms with Gasteiger partial charge < -0.3 is 4.74 Å². The Hall–Kier alpha value is -1.49. The molecule has 0 saturated carbocycles. The van der Waals surface area contributed by atoms with Gasteiger partial charge in [-0.3, -0.25) is 0 Å². The molecule has 1 aromatic carbocycles. The van der Waals surface area contributed by atoms with E-state index in [4.69, 9.17) is 10.00 Å². The maximum atomic E-state index is 8.88. The predicted octanol–water partition coefficient (Wildman–Crippen LogP) is 3.99. The molecule has 1 rings (SSSR count). The summed E-state index contributed by atoms with van der Waals surface area (Å²) in [6, 6.07) is 5.94. The summed E-state index contributed by atoms with van der Waals surface area (Å²) < 4.78 is 5.90. The maximum Gasteiger partial charge on any atom is 0.125 e. The number of ether oxygens (including phenoxy) is 1. The Balaban J connectivity index is 2.82. The third kappa shape index (κ3) is 3.49. The molecule has 1 aromatic rings. The lowest BCUT2D eigenvalue weighted by atomic mass is 10.0. The second-order valence-electron chi connectivity index (χ2n) is 4.54. The Morgan fingerprint density at radius 3 is 2.12 bits per heavy atom. The van der Waals surface area contributed by atoms with Crippen LogP contribution in [0.5, 0.6) is 5.75 Å². The minimum Gasteiger partial charge on any atom is -0.493 e. The van der Waals surface area contributed by atoms with E-state index in [0.717, 1.165) is 36.3 Å². The first kappa shape index (κ1) is 13.6. The molecule has 0 heterocycles. The minimum absolute atomic E-state index is 0.615. The largest absolute Gasteiger partial charge is 0.493 e. The molecule has 0 atom stereocenters. The Kier molecular flexibility index (Phi) is 5.03. The fourth-order valence-electron chi connectivity index (χ4n) is 1.97. The van der Waals surface area contributed by atoms with Gasteiger partial charge in [0.25, 0.3) is 0 Å². The molecule has 0 N–H and O–H groups in total. The van der Waals surface area contributed by atoms with E-state index < -0.39 is 0 Å². The highest BCUT2D eigenvalue weighted by molar-refractivity contribution is 5.47. The summed E-state index contributed by atoms with van der Waals surface area (Å²) in [6.45, 7) is 9.14. The van der Waals surface area contributed by atoms with Crippen LogP contribution in [0.25, 0.3) is 0 Å². The van der Waals surface area contributed by atoms with E-state index in [1.54, 1.807) is 0 Å². The highest BCUT2D eigenvalue weighted by Gasteiger charge is 2.09. The van der Waals surface area contributed by atoms with Crippen molar-refractivity contribution in [2.45, 2.75) is 40.5 Å². The first-order valence-corrected chi connectivity index (χ1v) is 6.26. The highest BCUT2D eigenvalue weighted by Crippen LogP contribution is 2.25. The van der Waals surface area contributed by atoms with Gasteiger partial charge in [0.2, 0.25) is 0 Å². The number of benzene rings is 1. The van der Waals surface area contributed by atoms with Crippen molar-refractivity contribution in [2.75, 3.05) is 6.61 Å². The molecule has 2 nitrogen and oxygen atoms in total. The number of hydrogen-bond donors (Lipinski definition) is 0. The van der Waals surface area contributed by atoms with Gasteiger partial charge in [-0.1, -0.05) is 26.7 Å². The SMILES string of the molecule is CCC(CC)COc1c(C)cc(C#N)cc1C. The van der Waals surface area contributed by atoms with Crippen LogP contribution < -0.4 is 4.74 Å². The molecule has 0 bridgehead atoms. The third-order valence-corrected chi connectivity index (χ3v) is 3.21. The van der Waals surface area contributed by atoms with Crippen LogP contribution >= 0.6 is 0 Å². The lowest BCUT2D eigenvalue weighted by Crippen LogP contribution is -2.11. The fraction of sp³-hybridized carbons (Fsp3) is 0.533. The van der Waals surface area contributed by atoms with E-state index in [9.17, 15) is 0 Å². The Bertz CT molecular complexity index is 390. The first-order valence-electron chi connectivity index (χ1n) is 6.26. The molecule has 92 valence electrons. The number of rotatable bonds is 5. The quantitative estimate of drug-likeness (QED) is 0.767. The number of nitriles is 1. The van der Waals surface area contributed by atoms with E-state index in [2.05, 4.69) is 19.9 Å². The van der Waals surface area contributed by atoms with Gasteiger partial charge in [-0.05, 0) is 43.0 Å². The lowest BCUT2D eigenvalue weighted by Gasteiger charge is -2.17. The van der Waals surface area contributed by atoms with Crippen molar-refractivity contribution < 1.29 is 4.74 Å². The fourth-order valence-corrected chi connectivity index (χ4v) is 1.97. The molecule has 0 aromatic heterocycles. The lowest BCUT2D eigenvalue weighted by molar-refractivity contribution is 0.238. The van der Waals surface area contributed by atoms with Crippen LogP contribution in [-0.4, -0.2) is 6.61 Å². The summed E-state index contributed by atoms with van der Waals surface area (Å²) in [5.74, 6) is 1.56. The minimum atomic E-state index is 0.615. The molecule has 2 heteroatoms. The zero-order valence-corrected chi connectivity index (χ0v) is 11.2. The van der Waals surface area contributed by atoms with E-state index in [-0.39, 0.29) is 0 Å². The zero-order valence-electron chi connectivity index (χ0n) is 11.2. The van der Waals surface area contributed by atoms with Crippen LogP contribution in [0.2, 0.25) is 0 Å². The normalized spacial score (nSPS) is 10.4. The van der Waals surface area contributed by atoms with Crippen LogP contribution in [0.3, 0.4) is 0 Å². The van der Waals surface area contributed by atoms with E-state index >= 15 is 0 Å². The molecule has 0 aliphatic heterocycles. The molecular weight excluding hydrogens is 210 g/mol. The van der Waals surface area contributed by atoms with Gasteiger partial charge >= 0.3 is 0 Å². The molecule has 0 unspecified atom stereocenters. The average Bonchev–Trinajstić information content (AvgIpc) is 2.32. The average molecular weight is 231 g/mol. The van der Waals surface area contributed by atoms with Crippen LogP contribution in [0.4, 0.5) is 0 Å². The summed E-state index contributed by atoms with van der Waals surface area (Å²) in [6.07, 6.45) is 2.29. The molecule has 0 saturated heterocycles. The summed E-state index contributed by atoms with van der Waals surface area (Å²) in [4.78, 5) is 0. The highest BCUT2D eigenvalue weighted by atomic mass is 16.5. The summed E-state index contributed by atoms with van der Waals surface area (Å²) in [7, 11) is 0. The van der Waals surface area contributed by atoms with Crippen molar-refractivity contribution in [1.82, 2.24) is 0 Å². The Morgan fingerprint density at radius 2 is 1.71 bits per heavy atom. The molecule has 17 heavy (non-hydrogen) atoms. The van der Waals surface area contributed by atoms with Crippen molar-refractivity contribution in [3.63, 3.8) is 0 Å². The van der Waals surface area contributed by atoms with E-state index in [1.165, 1.54) is 0 Å². The second-order valence-corrected chi connectivity index (χ2v) is 4.54. The van der Waals surface area contributed by atoms with Crippen LogP contribution in [0.1, 0.15) is 43.4 Å². The second kappa shape index (κ2) is 6.30. The maximum absolute atomic E-state index is 8.88. The predicted molar refractivity (Wildman–Crippen MR) is 70.2 cm³/mol. The molecule has 0 aliphatic rings. The van der Waals surface area contributed by atoms with Gasteiger partial charge in [0.1, 0.15) is 5.75 Å². The van der Waals surface area contributed by atoms with Crippen molar-refractivity contribution in [3.05, 3.63) is 28.8 Å². The molecule has 0 spiro atoms. The zero-order chi connectivity index (χ0) is 12.8. The summed E-state index contributed by atoms with van der Waals surface area (Å²) >= 11 is 0. The van der Waals surface area contributed by atoms with Crippen LogP contribution in [0.15, 0.2) is 12.1 Å². The van der Waals surface area contributed by atoms with Gasteiger partial charge in [-0.2, -0.15) is 5.26 Å². The molecule has 0 amide bonds. The standard InChI is InChI=1S/C15H21NO/c1-5-13(6-2)10-17-15-11(3)7-14(9-16)8-12(15)4/h7-8,13H,5-6,10H2,1-4H3. The monoisotopic (exact) mass is 231 g/mol. The van der Waals surface area contributed by atoms with Crippen molar-refractivity contribution in [3.8, 4) is 11.8 Å². The Morgan fingerprint density at radius 1 is 1.18 bits per heavy atom. The Labute approximate surface area is 104 Å². The van der Waals surface area contributed by atoms with E-state index in [0.29, 0.717) is 11.5 Å². The van der Waals surface area contributed by atoms with E-state index in [1.807, 2.05) is 26.0 Å². The number of nitrogens with zero attached hydrogens (tertiary/aromatic N) is 1. The third-order valence-electron chi connectivity index (χ3n) is 3.21. The van der Waals surface area contributed by atoms with Gasteiger partial charge in [-0.15, -0.1) is 0 Å².